The first kappa shape index (κ1) is 17.1. The minimum atomic E-state index is 0.350. The van der Waals surface area contributed by atoms with Crippen LogP contribution in [0.2, 0.25) is 0 Å². The third-order valence-corrected chi connectivity index (χ3v) is 9.53. The fourth-order valence-electron chi connectivity index (χ4n) is 8.15. The lowest BCUT2D eigenvalue weighted by Crippen LogP contribution is -2.53. The normalized spacial score (nSPS) is 52.3. The zero-order valence-corrected chi connectivity index (χ0v) is 15.9. The van der Waals surface area contributed by atoms with E-state index in [1.165, 1.54) is 38.5 Å². The average Bonchev–Trinajstić information content (AvgIpc) is 2.92. The van der Waals surface area contributed by atoms with Crippen LogP contribution in [0.4, 0.5) is 0 Å². The summed E-state index contributed by atoms with van der Waals surface area (Å²) in [6, 6.07) is 0. The molecule has 0 aromatic carbocycles. The standard InChI is InChI=1S/C22H36O2/c1-14(13-23)18-6-7-19-17-5-4-15-12-16(24)8-10-21(15,2)20(17)9-11-22(18,19)3/h14-15,17-20,23H,4-13H2,1-3H3/t14?,15-,17+,18-,19+,20+,21+,22-/m1/s1. The fourth-order valence-corrected chi connectivity index (χ4v) is 8.15. The predicted molar refractivity (Wildman–Crippen MR) is 96.5 cm³/mol. The largest absolute Gasteiger partial charge is 0.396 e. The number of carbonyl (C=O) groups is 1. The van der Waals surface area contributed by atoms with E-state index in [9.17, 15) is 9.90 Å². The maximum absolute atomic E-state index is 12.0. The summed E-state index contributed by atoms with van der Waals surface area (Å²) in [7, 11) is 0. The monoisotopic (exact) mass is 332 g/mol. The lowest BCUT2D eigenvalue weighted by molar-refractivity contribution is -0.140. The van der Waals surface area contributed by atoms with Gasteiger partial charge in [0.25, 0.3) is 0 Å². The first-order valence-electron chi connectivity index (χ1n) is 10.5. The highest BCUT2D eigenvalue weighted by Gasteiger charge is 2.60. The number of Topliss-reactive ketones (excluding diaryl/α,β-unsaturated/α-hetero) is 1. The van der Waals surface area contributed by atoms with E-state index >= 15 is 0 Å². The summed E-state index contributed by atoms with van der Waals surface area (Å²) in [6.07, 6.45) is 10.9. The quantitative estimate of drug-likeness (QED) is 0.785. The van der Waals surface area contributed by atoms with Gasteiger partial charge < -0.3 is 5.11 Å². The van der Waals surface area contributed by atoms with Gasteiger partial charge in [-0.25, -0.2) is 0 Å². The fraction of sp³-hybridized carbons (Fsp3) is 0.955. The number of carbonyl (C=O) groups excluding carboxylic acids is 1. The molecule has 2 nitrogen and oxygen atoms in total. The van der Waals surface area contributed by atoms with Gasteiger partial charge in [-0.3, -0.25) is 4.79 Å². The topological polar surface area (TPSA) is 37.3 Å². The second-order valence-corrected chi connectivity index (χ2v) is 10.3. The number of aliphatic hydroxyl groups is 1. The van der Waals surface area contributed by atoms with Crippen molar-refractivity contribution in [2.24, 2.45) is 46.3 Å². The Morgan fingerprint density at radius 3 is 2.54 bits per heavy atom. The maximum Gasteiger partial charge on any atom is 0.133 e. The van der Waals surface area contributed by atoms with Crippen molar-refractivity contribution in [3.05, 3.63) is 0 Å². The number of ketones is 1. The Morgan fingerprint density at radius 1 is 1.04 bits per heavy atom. The highest BCUT2D eigenvalue weighted by molar-refractivity contribution is 5.79. The Labute approximate surface area is 147 Å². The van der Waals surface area contributed by atoms with E-state index in [4.69, 9.17) is 0 Å². The lowest BCUT2D eigenvalue weighted by atomic mass is 9.44. The highest BCUT2D eigenvalue weighted by Crippen LogP contribution is 2.67. The van der Waals surface area contributed by atoms with Crippen molar-refractivity contribution in [3.63, 3.8) is 0 Å². The Hall–Kier alpha value is -0.370. The zero-order chi connectivity index (χ0) is 17.1. The SMILES string of the molecule is CC(CO)[C@H]1CC[C@H]2[C@@H]3CC[C@@H]4CC(=O)CC[C@]4(C)[C@H]3CC[C@]12C. The minimum Gasteiger partial charge on any atom is -0.396 e. The molecular weight excluding hydrogens is 296 g/mol. The molecule has 1 N–H and O–H groups in total. The molecule has 0 aromatic heterocycles. The molecule has 0 bridgehead atoms. The molecule has 4 aliphatic carbocycles. The first-order chi connectivity index (χ1) is 11.4. The van der Waals surface area contributed by atoms with Crippen LogP contribution in [0.5, 0.6) is 0 Å². The van der Waals surface area contributed by atoms with Crippen molar-refractivity contribution in [2.45, 2.75) is 78.6 Å². The molecule has 0 radical (unpaired) electrons. The van der Waals surface area contributed by atoms with Crippen LogP contribution in [0, 0.1) is 46.3 Å². The second kappa shape index (κ2) is 5.83. The van der Waals surface area contributed by atoms with Crippen LogP contribution in [-0.4, -0.2) is 17.5 Å². The number of aliphatic hydroxyl groups excluding tert-OH is 1. The molecule has 0 amide bonds. The van der Waals surface area contributed by atoms with Gasteiger partial charge >= 0.3 is 0 Å². The summed E-state index contributed by atoms with van der Waals surface area (Å²) < 4.78 is 0. The predicted octanol–water partition coefficient (Wildman–Crippen LogP) is 4.84. The minimum absolute atomic E-state index is 0.350. The second-order valence-electron chi connectivity index (χ2n) is 10.3. The molecule has 4 saturated carbocycles. The number of fused-ring (bicyclic) bond motifs is 5. The van der Waals surface area contributed by atoms with E-state index in [1.54, 1.807) is 0 Å². The summed E-state index contributed by atoms with van der Waals surface area (Å²) in [6.45, 7) is 7.70. The van der Waals surface area contributed by atoms with Crippen molar-refractivity contribution in [1.29, 1.82) is 0 Å². The molecule has 24 heavy (non-hydrogen) atoms. The Balaban J connectivity index is 1.60. The smallest absolute Gasteiger partial charge is 0.133 e. The molecule has 4 aliphatic rings. The summed E-state index contributed by atoms with van der Waals surface area (Å²) in [5.74, 6) is 4.96. The van der Waals surface area contributed by atoms with Gasteiger partial charge in [0.15, 0.2) is 0 Å². The van der Waals surface area contributed by atoms with Gasteiger partial charge in [0.1, 0.15) is 5.78 Å². The van der Waals surface area contributed by atoms with Crippen LogP contribution in [-0.2, 0) is 4.79 Å². The molecule has 0 aliphatic heterocycles. The van der Waals surface area contributed by atoms with E-state index in [0.29, 0.717) is 41.0 Å². The van der Waals surface area contributed by atoms with Gasteiger partial charge in [-0.05, 0) is 91.3 Å². The molecular formula is C22H36O2. The summed E-state index contributed by atoms with van der Waals surface area (Å²) in [5.41, 5.74) is 0.885. The Kier molecular flexibility index (Phi) is 4.14. The maximum atomic E-state index is 12.0. The zero-order valence-electron chi connectivity index (χ0n) is 15.9. The van der Waals surface area contributed by atoms with Crippen LogP contribution in [0.15, 0.2) is 0 Å². The Bertz CT molecular complexity index is 514. The molecule has 2 heteroatoms. The van der Waals surface area contributed by atoms with Gasteiger partial charge in [-0.2, -0.15) is 0 Å². The lowest BCUT2D eigenvalue weighted by Gasteiger charge is -2.60. The summed E-state index contributed by atoms with van der Waals surface area (Å²) >= 11 is 0. The molecule has 0 spiro atoms. The van der Waals surface area contributed by atoms with Gasteiger partial charge in [-0.15, -0.1) is 0 Å². The first-order valence-corrected chi connectivity index (χ1v) is 10.5. The third kappa shape index (κ3) is 2.27. The van der Waals surface area contributed by atoms with Crippen LogP contribution in [0.3, 0.4) is 0 Å². The Morgan fingerprint density at radius 2 is 1.79 bits per heavy atom. The molecule has 0 aromatic rings. The van der Waals surface area contributed by atoms with Gasteiger partial charge in [0.2, 0.25) is 0 Å². The van der Waals surface area contributed by atoms with Crippen molar-refractivity contribution in [1.82, 2.24) is 0 Å². The van der Waals surface area contributed by atoms with Crippen molar-refractivity contribution in [3.8, 4) is 0 Å². The van der Waals surface area contributed by atoms with Crippen molar-refractivity contribution < 1.29 is 9.90 Å². The van der Waals surface area contributed by atoms with Gasteiger partial charge in [-0.1, -0.05) is 20.8 Å². The molecule has 136 valence electrons. The number of hydrogen-bond acceptors (Lipinski definition) is 2. The molecule has 0 heterocycles. The molecule has 4 rings (SSSR count). The van der Waals surface area contributed by atoms with Crippen LogP contribution in [0.25, 0.3) is 0 Å². The average molecular weight is 333 g/mol. The van der Waals surface area contributed by atoms with Crippen LogP contribution < -0.4 is 0 Å². The van der Waals surface area contributed by atoms with Crippen LogP contribution >= 0.6 is 0 Å². The molecule has 4 fully saturated rings. The van der Waals surface area contributed by atoms with E-state index in [1.807, 2.05) is 0 Å². The number of rotatable bonds is 2. The molecule has 8 atom stereocenters. The third-order valence-electron chi connectivity index (χ3n) is 9.53. The van der Waals surface area contributed by atoms with Crippen molar-refractivity contribution >= 4 is 5.78 Å². The highest BCUT2D eigenvalue weighted by atomic mass is 16.3. The van der Waals surface area contributed by atoms with Crippen LogP contribution in [0.1, 0.15) is 78.6 Å². The molecule has 1 unspecified atom stereocenters. The van der Waals surface area contributed by atoms with Gasteiger partial charge in [0, 0.05) is 19.4 Å². The summed E-state index contributed by atoms with van der Waals surface area (Å²) in [5, 5.41) is 9.72. The van der Waals surface area contributed by atoms with E-state index in [2.05, 4.69) is 20.8 Å². The van der Waals surface area contributed by atoms with E-state index in [0.717, 1.165) is 37.0 Å². The molecule has 0 saturated heterocycles. The van der Waals surface area contributed by atoms with E-state index in [-0.39, 0.29) is 0 Å². The van der Waals surface area contributed by atoms with Crippen molar-refractivity contribution in [2.75, 3.05) is 6.61 Å². The van der Waals surface area contributed by atoms with Gasteiger partial charge in [0.05, 0.1) is 0 Å². The summed E-state index contributed by atoms with van der Waals surface area (Å²) in [4.78, 5) is 12.0. The number of hydrogen-bond donors (Lipinski definition) is 1. The van der Waals surface area contributed by atoms with E-state index < -0.39 is 0 Å².